The first-order valence-electron chi connectivity index (χ1n) is 10.2. The fourth-order valence-electron chi connectivity index (χ4n) is 4.17. The average molecular weight is 417 g/mol. The van der Waals surface area contributed by atoms with E-state index in [1.165, 1.54) is 23.8 Å². The summed E-state index contributed by atoms with van der Waals surface area (Å²) in [6, 6.07) is 14.4. The molecule has 2 aromatic carbocycles. The number of Topliss-reactive ketones (excluding diaryl/α,β-unsaturated/α-hetero) is 1. The zero-order chi connectivity index (χ0) is 20.8. The van der Waals surface area contributed by atoms with Gasteiger partial charge in [-0.25, -0.2) is 4.39 Å². The lowest BCUT2D eigenvalue weighted by Crippen LogP contribution is -2.34. The Kier molecular flexibility index (Phi) is 7.43. The maximum atomic E-state index is 13.3. The molecule has 0 bridgehead atoms. The van der Waals surface area contributed by atoms with Crippen LogP contribution in [0.25, 0.3) is 0 Å². The van der Waals surface area contributed by atoms with Gasteiger partial charge in [-0.15, -0.1) is 0 Å². The van der Waals surface area contributed by atoms with Crippen LogP contribution in [0.5, 0.6) is 0 Å². The van der Waals surface area contributed by atoms with E-state index in [4.69, 9.17) is 16.3 Å². The molecule has 1 aliphatic carbocycles. The number of benzene rings is 2. The molecular weight excluding hydrogens is 391 g/mol. The van der Waals surface area contributed by atoms with Crippen LogP contribution in [0.4, 0.5) is 4.39 Å². The van der Waals surface area contributed by atoms with Crippen molar-refractivity contribution < 1.29 is 18.7 Å². The number of esters is 1. The van der Waals surface area contributed by atoms with E-state index in [0.29, 0.717) is 11.5 Å². The molecule has 1 unspecified atom stereocenters. The Bertz CT molecular complexity index is 844. The molecule has 1 atom stereocenters. The van der Waals surface area contributed by atoms with Crippen LogP contribution in [0.15, 0.2) is 48.5 Å². The van der Waals surface area contributed by atoms with Gasteiger partial charge in [0.25, 0.3) is 0 Å². The SMILES string of the molecule is CCOC(=O)C(Cc1ccc(F)cc1Cl)C(=O)C1CCC(c2ccccc2)CC1. The molecule has 3 rings (SSSR count). The van der Waals surface area contributed by atoms with Crippen molar-refractivity contribution in [2.45, 2.75) is 44.9 Å². The van der Waals surface area contributed by atoms with Gasteiger partial charge >= 0.3 is 5.97 Å². The van der Waals surface area contributed by atoms with E-state index in [1.54, 1.807) is 6.92 Å². The summed E-state index contributed by atoms with van der Waals surface area (Å²) in [6.07, 6.45) is 3.49. The first-order chi connectivity index (χ1) is 14.0. The predicted octanol–water partition coefficient (Wildman–Crippen LogP) is 5.74. The first kappa shape index (κ1) is 21.5. The zero-order valence-corrected chi connectivity index (χ0v) is 17.3. The molecule has 5 heteroatoms. The number of ketones is 1. The van der Waals surface area contributed by atoms with Gasteiger partial charge in [0.1, 0.15) is 11.7 Å². The molecule has 2 aromatic rings. The van der Waals surface area contributed by atoms with Gasteiger partial charge < -0.3 is 4.74 Å². The molecule has 1 saturated carbocycles. The van der Waals surface area contributed by atoms with Crippen LogP contribution in [-0.4, -0.2) is 18.4 Å². The van der Waals surface area contributed by atoms with Gasteiger partial charge in [0.2, 0.25) is 0 Å². The highest BCUT2D eigenvalue weighted by atomic mass is 35.5. The van der Waals surface area contributed by atoms with Gasteiger partial charge in [-0.1, -0.05) is 48.0 Å². The standard InChI is InChI=1S/C24H26ClFO3/c1-2-29-24(28)21(14-19-12-13-20(26)15-22(19)25)23(27)18-10-8-17(9-11-18)16-6-4-3-5-7-16/h3-7,12-13,15,17-18,21H,2,8-11,14H2,1H3. The second-order valence-electron chi connectivity index (χ2n) is 7.61. The third-order valence-corrected chi connectivity index (χ3v) is 6.11. The van der Waals surface area contributed by atoms with Crippen LogP contribution in [0.1, 0.15) is 49.7 Å². The summed E-state index contributed by atoms with van der Waals surface area (Å²) in [5.41, 5.74) is 1.89. The van der Waals surface area contributed by atoms with Gasteiger partial charge in [-0.3, -0.25) is 9.59 Å². The molecule has 0 heterocycles. The largest absolute Gasteiger partial charge is 0.465 e. The molecule has 0 spiro atoms. The second-order valence-corrected chi connectivity index (χ2v) is 8.01. The molecule has 3 nitrogen and oxygen atoms in total. The molecule has 154 valence electrons. The minimum absolute atomic E-state index is 0.0876. The normalized spacial score (nSPS) is 20.1. The Morgan fingerprint density at radius 3 is 2.41 bits per heavy atom. The highest BCUT2D eigenvalue weighted by molar-refractivity contribution is 6.31. The lowest BCUT2D eigenvalue weighted by Gasteiger charge is -2.30. The van der Waals surface area contributed by atoms with Crippen molar-refractivity contribution in [3.63, 3.8) is 0 Å². The van der Waals surface area contributed by atoms with E-state index in [2.05, 4.69) is 12.1 Å². The predicted molar refractivity (Wildman–Crippen MR) is 111 cm³/mol. The smallest absolute Gasteiger partial charge is 0.316 e. The third-order valence-electron chi connectivity index (χ3n) is 5.75. The van der Waals surface area contributed by atoms with E-state index in [9.17, 15) is 14.0 Å². The lowest BCUT2D eigenvalue weighted by atomic mass is 9.74. The van der Waals surface area contributed by atoms with Gasteiger partial charge in [0.05, 0.1) is 6.61 Å². The topological polar surface area (TPSA) is 43.4 Å². The molecule has 0 saturated heterocycles. The fraction of sp³-hybridized carbons (Fsp3) is 0.417. The summed E-state index contributed by atoms with van der Waals surface area (Å²) < 4.78 is 18.5. The van der Waals surface area contributed by atoms with Crippen LogP contribution in [-0.2, 0) is 20.7 Å². The van der Waals surface area contributed by atoms with Crippen molar-refractivity contribution in [3.05, 3.63) is 70.5 Å². The number of rotatable bonds is 7. The third kappa shape index (κ3) is 5.45. The Morgan fingerprint density at radius 1 is 1.10 bits per heavy atom. The van der Waals surface area contributed by atoms with Crippen LogP contribution < -0.4 is 0 Å². The van der Waals surface area contributed by atoms with Gasteiger partial charge in [0.15, 0.2) is 5.78 Å². The number of ether oxygens (including phenoxy) is 1. The van der Waals surface area contributed by atoms with Gasteiger partial charge in [-0.2, -0.15) is 0 Å². The van der Waals surface area contributed by atoms with Crippen molar-refractivity contribution in [2.75, 3.05) is 6.61 Å². The maximum Gasteiger partial charge on any atom is 0.316 e. The highest BCUT2D eigenvalue weighted by Gasteiger charge is 2.36. The molecular formula is C24H26ClFO3. The summed E-state index contributed by atoms with van der Waals surface area (Å²) >= 11 is 6.13. The Hall–Kier alpha value is -2.20. The highest BCUT2D eigenvalue weighted by Crippen LogP contribution is 2.37. The van der Waals surface area contributed by atoms with Crippen molar-refractivity contribution in [1.82, 2.24) is 0 Å². The number of halogens is 2. The second kappa shape index (κ2) is 10.0. The van der Waals surface area contributed by atoms with E-state index in [-0.39, 0.29) is 29.8 Å². The number of carbonyl (C=O) groups is 2. The molecule has 0 N–H and O–H groups in total. The maximum absolute atomic E-state index is 13.3. The Balaban J connectivity index is 1.70. The summed E-state index contributed by atoms with van der Waals surface area (Å²) in [7, 11) is 0. The van der Waals surface area contributed by atoms with Crippen LogP contribution >= 0.6 is 11.6 Å². The molecule has 0 aliphatic heterocycles. The van der Waals surface area contributed by atoms with Crippen molar-refractivity contribution >= 4 is 23.4 Å². The van der Waals surface area contributed by atoms with Gasteiger partial charge in [-0.05, 0) is 68.2 Å². The molecule has 0 aromatic heterocycles. The van der Waals surface area contributed by atoms with Crippen LogP contribution in [0, 0.1) is 17.7 Å². The quantitative estimate of drug-likeness (QED) is 0.426. The van der Waals surface area contributed by atoms with Crippen molar-refractivity contribution in [1.29, 1.82) is 0 Å². The zero-order valence-electron chi connectivity index (χ0n) is 16.6. The summed E-state index contributed by atoms with van der Waals surface area (Å²) in [4.78, 5) is 25.8. The Morgan fingerprint density at radius 2 is 1.79 bits per heavy atom. The van der Waals surface area contributed by atoms with Crippen molar-refractivity contribution in [2.24, 2.45) is 11.8 Å². The van der Waals surface area contributed by atoms with Crippen molar-refractivity contribution in [3.8, 4) is 0 Å². The summed E-state index contributed by atoms with van der Waals surface area (Å²) in [5.74, 6) is -1.68. The monoisotopic (exact) mass is 416 g/mol. The number of hydrogen-bond acceptors (Lipinski definition) is 3. The lowest BCUT2D eigenvalue weighted by molar-refractivity contribution is -0.152. The summed E-state index contributed by atoms with van der Waals surface area (Å²) in [5, 5.41) is 0.222. The van der Waals surface area contributed by atoms with Gasteiger partial charge in [0, 0.05) is 10.9 Å². The minimum atomic E-state index is -0.906. The fourth-order valence-corrected chi connectivity index (χ4v) is 4.42. The van der Waals surface area contributed by atoms with Crippen LogP contribution in [0.2, 0.25) is 5.02 Å². The number of hydrogen-bond donors (Lipinski definition) is 0. The van der Waals surface area contributed by atoms with E-state index >= 15 is 0 Å². The van der Waals surface area contributed by atoms with E-state index in [1.807, 2.05) is 18.2 Å². The first-order valence-corrected chi connectivity index (χ1v) is 10.6. The van der Waals surface area contributed by atoms with Crippen LogP contribution in [0.3, 0.4) is 0 Å². The average Bonchev–Trinajstić information content (AvgIpc) is 2.73. The molecule has 1 aliphatic rings. The Labute approximate surface area is 176 Å². The summed E-state index contributed by atoms with van der Waals surface area (Å²) in [6.45, 7) is 1.93. The minimum Gasteiger partial charge on any atom is -0.465 e. The molecule has 29 heavy (non-hydrogen) atoms. The van der Waals surface area contributed by atoms with E-state index < -0.39 is 17.7 Å². The molecule has 1 fully saturated rings. The number of carbonyl (C=O) groups excluding carboxylic acids is 2. The molecule has 0 radical (unpaired) electrons. The van der Waals surface area contributed by atoms with E-state index in [0.717, 1.165) is 25.7 Å². The molecule has 0 amide bonds.